The Balaban J connectivity index is 2.00. The molecule has 0 radical (unpaired) electrons. The first-order chi connectivity index (χ1) is 13.8. The average Bonchev–Trinajstić information content (AvgIpc) is 2.68. The molecule has 174 valence electrons. The summed E-state index contributed by atoms with van der Waals surface area (Å²) in [6.45, 7) is -1.12. The minimum absolute atomic E-state index is 0.185. The van der Waals surface area contributed by atoms with E-state index in [1.54, 1.807) is 0 Å². The molecule has 0 aromatic rings. The molecule has 1 nitrogen and oxygen atoms in total. The van der Waals surface area contributed by atoms with Gasteiger partial charge in [-0.3, -0.25) is 0 Å². The molecule has 0 aromatic carbocycles. The van der Waals surface area contributed by atoms with Gasteiger partial charge in [0.25, 0.3) is 0 Å². The van der Waals surface area contributed by atoms with Crippen molar-refractivity contribution in [3.05, 3.63) is 23.8 Å². The van der Waals surface area contributed by atoms with Crippen molar-refractivity contribution in [1.29, 1.82) is 0 Å². The third-order valence-corrected chi connectivity index (χ3v) is 5.79. The standard InChI is InChI=1S/C20H25F9O/c1-2-3-13-4-6-14(7-5-13)15-8-10-16(11-9-15)30-20(28,29)19(26,27)18(24,25)17(22,23)12-21/h8-10,13-14,16H,2-7,11-12H2,1H3. The van der Waals surface area contributed by atoms with E-state index in [9.17, 15) is 39.5 Å². The fourth-order valence-electron chi connectivity index (χ4n) is 3.96. The van der Waals surface area contributed by atoms with Crippen molar-refractivity contribution >= 4 is 0 Å². The minimum Gasteiger partial charge on any atom is -0.308 e. The minimum atomic E-state index is -6.64. The Labute approximate surface area is 169 Å². The summed E-state index contributed by atoms with van der Waals surface area (Å²) in [4.78, 5) is 0. The van der Waals surface area contributed by atoms with Gasteiger partial charge in [-0.05, 0) is 49.5 Å². The predicted molar refractivity (Wildman–Crippen MR) is 92.8 cm³/mol. The van der Waals surface area contributed by atoms with Crippen LogP contribution in [0.25, 0.3) is 0 Å². The van der Waals surface area contributed by atoms with E-state index in [0.29, 0.717) is 5.92 Å². The number of allylic oxidation sites excluding steroid dienone is 2. The molecule has 0 spiro atoms. The maximum atomic E-state index is 13.8. The monoisotopic (exact) mass is 452 g/mol. The maximum absolute atomic E-state index is 13.8. The van der Waals surface area contributed by atoms with Gasteiger partial charge < -0.3 is 4.74 Å². The number of rotatable bonds is 9. The van der Waals surface area contributed by atoms with E-state index in [0.717, 1.165) is 50.2 Å². The number of hydrogen-bond acceptors (Lipinski definition) is 1. The maximum Gasteiger partial charge on any atom is 0.426 e. The van der Waals surface area contributed by atoms with Crippen LogP contribution < -0.4 is 0 Å². The first-order valence-corrected chi connectivity index (χ1v) is 9.92. The second-order valence-corrected chi connectivity index (χ2v) is 7.97. The molecule has 0 heterocycles. The number of alkyl halides is 9. The molecule has 0 amide bonds. The SMILES string of the molecule is CCCC1CCC(C2=CCC(OC(F)(F)C(F)(F)C(F)(F)C(F)(F)CF)C=C2)CC1. The zero-order valence-electron chi connectivity index (χ0n) is 16.4. The van der Waals surface area contributed by atoms with Gasteiger partial charge in [-0.25, -0.2) is 4.39 Å². The zero-order chi connectivity index (χ0) is 22.8. The predicted octanol–water partition coefficient (Wildman–Crippen LogP) is 7.33. The lowest BCUT2D eigenvalue weighted by atomic mass is 9.76. The molecular formula is C20H25F9O. The van der Waals surface area contributed by atoms with Gasteiger partial charge in [0.1, 0.15) is 0 Å². The molecule has 0 aromatic heterocycles. The van der Waals surface area contributed by atoms with E-state index in [1.807, 2.05) is 0 Å². The number of halogens is 9. The van der Waals surface area contributed by atoms with Crippen LogP contribution in [-0.2, 0) is 4.74 Å². The van der Waals surface area contributed by atoms with E-state index >= 15 is 0 Å². The first kappa shape index (κ1) is 25.1. The van der Waals surface area contributed by atoms with Crippen LogP contribution >= 0.6 is 0 Å². The molecule has 1 atom stereocenters. The third kappa shape index (κ3) is 4.83. The summed E-state index contributed by atoms with van der Waals surface area (Å²) >= 11 is 0. The van der Waals surface area contributed by atoms with Crippen molar-refractivity contribution in [3.8, 4) is 0 Å². The Kier molecular flexibility index (Phi) is 7.62. The van der Waals surface area contributed by atoms with Crippen molar-refractivity contribution in [2.45, 2.75) is 81.8 Å². The Morgan fingerprint density at radius 2 is 1.53 bits per heavy atom. The van der Waals surface area contributed by atoms with Crippen LogP contribution in [0.2, 0.25) is 0 Å². The quantitative estimate of drug-likeness (QED) is 0.333. The lowest BCUT2D eigenvalue weighted by molar-refractivity contribution is -0.432. The van der Waals surface area contributed by atoms with Crippen LogP contribution in [0.3, 0.4) is 0 Å². The summed E-state index contributed by atoms with van der Waals surface area (Å²) < 4.78 is 123. The Hall–Kier alpha value is -1.19. The topological polar surface area (TPSA) is 9.23 Å². The van der Waals surface area contributed by atoms with Gasteiger partial charge in [0.05, 0.1) is 6.10 Å². The molecule has 2 rings (SSSR count). The van der Waals surface area contributed by atoms with E-state index in [2.05, 4.69) is 11.7 Å². The number of ether oxygens (including phenoxy) is 1. The van der Waals surface area contributed by atoms with E-state index in [-0.39, 0.29) is 12.3 Å². The Bertz CT molecular complexity index is 634. The van der Waals surface area contributed by atoms with Crippen LogP contribution in [-0.4, -0.2) is 36.7 Å². The molecule has 0 aliphatic heterocycles. The highest BCUT2D eigenvalue weighted by Gasteiger charge is 2.81. The lowest BCUT2D eigenvalue weighted by Gasteiger charge is -2.36. The van der Waals surface area contributed by atoms with Gasteiger partial charge in [-0.15, -0.1) is 0 Å². The van der Waals surface area contributed by atoms with Gasteiger partial charge in [0, 0.05) is 0 Å². The molecule has 0 N–H and O–H groups in total. The van der Waals surface area contributed by atoms with Crippen LogP contribution in [0.4, 0.5) is 39.5 Å². The summed E-state index contributed by atoms with van der Waals surface area (Å²) in [5.41, 5.74) is 0.828. The second kappa shape index (κ2) is 9.12. The molecule has 10 heteroatoms. The van der Waals surface area contributed by atoms with Gasteiger partial charge in [0.2, 0.25) is 0 Å². The molecule has 0 saturated heterocycles. The highest BCUT2D eigenvalue weighted by atomic mass is 19.4. The van der Waals surface area contributed by atoms with Crippen molar-refractivity contribution in [2.24, 2.45) is 11.8 Å². The van der Waals surface area contributed by atoms with Crippen molar-refractivity contribution in [1.82, 2.24) is 0 Å². The summed E-state index contributed by atoms with van der Waals surface area (Å²) in [6.07, 6.45) is 2.07. The van der Waals surface area contributed by atoms with Gasteiger partial charge in [-0.1, -0.05) is 38.0 Å². The van der Waals surface area contributed by atoms with Crippen molar-refractivity contribution < 1.29 is 44.3 Å². The Morgan fingerprint density at radius 1 is 0.933 bits per heavy atom. The molecule has 2 aliphatic rings. The number of hydrogen-bond donors (Lipinski definition) is 0. The van der Waals surface area contributed by atoms with Gasteiger partial charge in [0.15, 0.2) is 6.67 Å². The van der Waals surface area contributed by atoms with Crippen LogP contribution in [0.5, 0.6) is 0 Å². The lowest BCUT2D eigenvalue weighted by Crippen LogP contribution is -2.64. The highest BCUT2D eigenvalue weighted by molar-refractivity contribution is 5.27. The fraction of sp³-hybridized carbons (Fsp3) is 0.800. The van der Waals surface area contributed by atoms with E-state index in [4.69, 9.17) is 0 Å². The van der Waals surface area contributed by atoms with Gasteiger partial charge >= 0.3 is 23.9 Å². The normalized spacial score (nSPS) is 26.6. The Morgan fingerprint density at radius 3 is 2.00 bits per heavy atom. The van der Waals surface area contributed by atoms with Crippen LogP contribution in [0.1, 0.15) is 51.9 Å². The van der Waals surface area contributed by atoms with E-state index in [1.165, 1.54) is 12.2 Å². The fourth-order valence-corrected chi connectivity index (χ4v) is 3.96. The van der Waals surface area contributed by atoms with Gasteiger partial charge in [-0.2, -0.15) is 35.1 Å². The molecule has 1 fully saturated rings. The van der Waals surface area contributed by atoms with Crippen molar-refractivity contribution in [2.75, 3.05) is 6.67 Å². The molecule has 0 bridgehead atoms. The van der Waals surface area contributed by atoms with E-state index < -0.39 is 36.7 Å². The molecule has 30 heavy (non-hydrogen) atoms. The largest absolute Gasteiger partial charge is 0.426 e. The molecule has 1 saturated carbocycles. The van der Waals surface area contributed by atoms with Crippen LogP contribution in [0.15, 0.2) is 23.8 Å². The molecule has 1 unspecified atom stereocenters. The molecular weight excluding hydrogens is 427 g/mol. The summed E-state index contributed by atoms with van der Waals surface area (Å²) in [5.74, 6) is -18.4. The summed E-state index contributed by atoms with van der Waals surface area (Å²) in [6, 6.07) is 0. The van der Waals surface area contributed by atoms with Crippen LogP contribution in [0, 0.1) is 11.8 Å². The third-order valence-electron chi connectivity index (χ3n) is 5.79. The molecule has 2 aliphatic carbocycles. The average molecular weight is 452 g/mol. The summed E-state index contributed by atoms with van der Waals surface area (Å²) in [7, 11) is 0. The zero-order valence-corrected chi connectivity index (χ0v) is 16.4. The van der Waals surface area contributed by atoms with Crippen molar-refractivity contribution in [3.63, 3.8) is 0 Å². The smallest absolute Gasteiger partial charge is 0.308 e. The highest BCUT2D eigenvalue weighted by Crippen LogP contribution is 2.53. The summed E-state index contributed by atoms with van der Waals surface area (Å²) in [5, 5.41) is 0. The first-order valence-electron chi connectivity index (χ1n) is 9.92. The second-order valence-electron chi connectivity index (χ2n) is 7.97.